The van der Waals surface area contributed by atoms with Crippen molar-refractivity contribution in [1.29, 1.82) is 0 Å². The molecule has 0 aliphatic heterocycles. The number of esters is 1. The van der Waals surface area contributed by atoms with Crippen LogP contribution >= 0.6 is 0 Å². The van der Waals surface area contributed by atoms with Crippen molar-refractivity contribution in [2.45, 2.75) is 33.3 Å². The van der Waals surface area contributed by atoms with Crippen molar-refractivity contribution < 1.29 is 14.3 Å². The van der Waals surface area contributed by atoms with E-state index in [0.717, 1.165) is 16.5 Å². The van der Waals surface area contributed by atoms with Gasteiger partial charge in [-0.05, 0) is 24.8 Å². The fourth-order valence-corrected chi connectivity index (χ4v) is 2.08. The number of amides is 1. The third-order valence-electron chi connectivity index (χ3n) is 3.72. The zero-order valence-corrected chi connectivity index (χ0v) is 13.1. The standard InChI is InChI=1S/C18H21NO3/c1-4-12(2)18(21)22-13(3)17(20)19-16-11-7-9-14-8-5-6-10-15(14)16/h5-13H,4H2,1-3H3,(H,19,20). The highest BCUT2D eigenvalue weighted by molar-refractivity contribution is 6.03. The summed E-state index contributed by atoms with van der Waals surface area (Å²) in [7, 11) is 0. The highest BCUT2D eigenvalue weighted by atomic mass is 16.5. The lowest BCUT2D eigenvalue weighted by Crippen LogP contribution is -2.31. The van der Waals surface area contributed by atoms with E-state index in [1.54, 1.807) is 13.8 Å². The SMILES string of the molecule is CCC(C)C(=O)OC(C)C(=O)Nc1cccc2ccccc12. The smallest absolute Gasteiger partial charge is 0.309 e. The largest absolute Gasteiger partial charge is 0.452 e. The second kappa shape index (κ2) is 7.07. The van der Waals surface area contributed by atoms with Crippen LogP contribution in [0.25, 0.3) is 10.8 Å². The Morgan fingerprint density at radius 1 is 1.09 bits per heavy atom. The Morgan fingerprint density at radius 2 is 1.77 bits per heavy atom. The van der Waals surface area contributed by atoms with Crippen molar-refractivity contribution in [2.24, 2.45) is 5.92 Å². The predicted molar refractivity (Wildman–Crippen MR) is 87.6 cm³/mol. The van der Waals surface area contributed by atoms with Crippen LogP contribution in [0.2, 0.25) is 0 Å². The molecule has 1 amide bonds. The Kier molecular flexibility index (Phi) is 5.15. The minimum atomic E-state index is -0.819. The molecule has 0 heterocycles. The summed E-state index contributed by atoms with van der Waals surface area (Å²) in [5, 5.41) is 4.83. The molecule has 2 aromatic rings. The molecule has 2 aromatic carbocycles. The van der Waals surface area contributed by atoms with Crippen LogP contribution in [0.15, 0.2) is 42.5 Å². The number of ether oxygens (including phenoxy) is 1. The molecule has 2 unspecified atom stereocenters. The number of fused-ring (bicyclic) bond motifs is 1. The molecule has 116 valence electrons. The molecular formula is C18H21NO3. The number of hydrogen-bond donors (Lipinski definition) is 1. The maximum absolute atomic E-state index is 12.2. The fraction of sp³-hybridized carbons (Fsp3) is 0.333. The normalized spacial score (nSPS) is 13.4. The summed E-state index contributed by atoms with van der Waals surface area (Å²) in [4.78, 5) is 24.0. The maximum Gasteiger partial charge on any atom is 0.309 e. The predicted octanol–water partition coefficient (Wildman–Crippen LogP) is 3.76. The van der Waals surface area contributed by atoms with E-state index in [1.807, 2.05) is 49.4 Å². The van der Waals surface area contributed by atoms with Gasteiger partial charge in [-0.15, -0.1) is 0 Å². The van der Waals surface area contributed by atoms with E-state index < -0.39 is 6.10 Å². The van der Waals surface area contributed by atoms with E-state index in [4.69, 9.17) is 4.74 Å². The topological polar surface area (TPSA) is 55.4 Å². The van der Waals surface area contributed by atoms with Gasteiger partial charge in [0.05, 0.1) is 5.92 Å². The van der Waals surface area contributed by atoms with Crippen molar-refractivity contribution >= 4 is 28.3 Å². The first kappa shape index (κ1) is 16.0. The number of rotatable bonds is 5. The average molecular weight is 299 g/mol. The molecule has 2 atom stereocenters. The lowest BCUT2D eigenvalue weighted by Gasteiger charge is -2.16. The molecule has 4 heteroatoms. The number of carbonyl (C=O) groups is 2. The quantitative estimate of drug-likeness (QED) is 0.855. The van der Waals surface area contributed by atoms with Crippen LogP contribution in [0.1, 0.15) is 27.2 Å². The van der Waals surface area contributed by atoms with Gasteiger partial charge in [0, 0.05) is 11.1 Å². The Balaban J connectivity index is 2.09. The van der Waals surface area contributed by atoms with Gasteiger partial charge in [0.25, 0.3) is 5.91 Å². The number of nitrogens with one attached hydrogen (secondary N) is 1. The molecule has 0 aliphatic rings. The van der Waals surface area contributed by atoms with E-state index in [1.165, 1.54) is 0 Å². The lowest BCUT2D eigenvalue weighted by molar-refractivity contribution is -0.156. The summed E-state index contributed by atoms with van der Waals surface area (Å²) in [5.41, 5.74) is 0.717. The number of hydrogen-bond acceptors (Lipinski definition) is 3. The van der Waals surface area contributed by atoms with Crippen molar-refractivity contribution in [1.82, 2.24) is 0 Å². The van der Waals surface area contributed by atoms with Gasteiger partial charge in [-0.2, -0.15) is 0 Å². The van der Waals surface area contributed by atoms with Crippen molar-refractivity contribution in [3.05, 3.63) is 42.5 Å². The van der Waals surface area contributed by atoms with E-state index in [2.05, 4.69) is 5.32 Å². The molecule has 0 aliphatic carbocycles. The molecule has 2 rings (SSSR count). The van der Waals surface area contributed by atoms with Crippen LogP contribution < -0.4 is 5.32 Å². The van der Waals surface area contributed by atoms with Gasteiger partial charge in [-0.25, -0.2) is 0 Å². The van der Waals surface area contributed by atoms with Crippen LogP contribution in [0.4, 0.5) is 5.69 Å². The van der Waals surface area contributed by atoms with Crippen molar-refractivity contribution in [3.63, 3.8) is 0 Å². The van der Waals surface area contributed by atoms with Crippen molar-refractivity contribution in [3.8, 4) is 0 Å². The van der Waals surface area contributed by atoms with Gasteiger partial charge in [-0.3, -0.25) is 9.59 Å². The first-order chi connectivity index (χ1) is 10.5. The first-order valence-corrected chi connectivity index (χ1v) is 7.52. The van der Waals surface area contributed by atoms with Gasteiger partial charge in [0.15, 0.2) is 6.10 Å². The Hall–Kier alpha value is -2.36. The fourth-order valence-electron chi connectivity index (χ4n) is 2.08. The van der Waals surface area contributed by atoms with Crippen LogP contribution in [-0.2, 0) is 14.3 Å². The third-order valence-corrected chi connectivity index (χ3v) is 3.72. The lowest BCUT2D eigenvalue weighted by atomic mass is 10.1. The van der Waals surface area contributed by atoms with Gasteiger partial charge >= 0.3 is 5.97 Å². The summed E-state index contributed by atoms with van der Waals surface area (Å²) in [6, 6.07) is 13.5. The Morgan fingerprint density at radius 3 is 2.50 bits per heavy atom. The van der Waals surface area contributed by atoms with E-state index in [9.17, 15) is 9.59 Å². The summed E-state index contributed by atoms with van der Waals surface area (Å²) in [6.07, 6.45) is -0.128. The third kappa shape index (κ3) is 3.64. The van der Waals surface area contributed by atoms with Crippen LogP contribution in [0, 0.1) is 5.92 Å². The average Bonchev–Trinajstić information content (AvgIpc) is 2.54. The highest BCUT2D eigenvalue weighted by Crippen LogP contribution is 2.23. The summed E-state index contributed by atoms with van der Waals surface area (Å²) in [5.74, 6) is -0.871. The monoisotopic (exact) mass is 299 g/mol. The second-order valence-corrected chi connectivity index (χ2v) is 5.40. The minimum absolute atomic E-state index is 0.201. The number of carbonyl (C=O) groups excluding carboxylic acids is 2. The van der Waals surface area contributed by atoms with E-state index in [0.29, 0.717) is 6.42 Å². The van der Waals surface area contributed by atoms with Crippen molar-refractivity contribution in [2.75, 3.05) is 5.32 Å². The summed E-state index contributed by atoms with van der Waals surface area (Å²) in [6.45, 7) is 5.28. The van der Waals surface area contributed by atoms with Gasteiger partial charge in [-0.1, -0.05) is 50.2 Å². The molecule has 4 nitrogen and oxygen atoms in total. The molecule has 22 heavy (non-hydrogen) atoms. The molecule has 0 spiro atoms. The Labute approximate surface area is 130 Å². The number of anilines is 1. The minimum Gasteiger partial charge on any atom is -0.452 e. The van der Waals surface area contributed by atoms with Gasteiger partial charge in [0.2, 0.25) is 0 Å². The molecule has 0 fully saturated rings. The zero-order chi connectivity index (χ0) is 16.1. The molecular weight excluding hydrogens is 278 g/mol. The van der Waals surface area contributed by atoms with E-state index in [-0.39, 0.29) is 17.8 Å². The van der Waals surface area contributed by atoms with Gasteiger partial charge < -0.3 is 10.1 Å². The number of benzene rings is 2. The van der Waals surface area contributed by atoms with Crippen LogP contribution in [0.5, 0.6) is 0 Å². The van der Waals surface area contributed by atoms with Crippen LogP contribution in [0.3, 0.4) is 0 Å². The molecule has 1 N–H and O–H groups in total. The molecule has 0 bridgehead atoms. The molecule has 0 aromatic heterocycles. The van der Waals surface area contributed by atoms with Crippen LogP contribution in [-0.4, -0.2) is 18.0 Å². The summed E-state index contributed by atoms with van der Waals surface area (Å²) >= 11 is 0. The Bertz CT molecular complexity index is 676. The molecule has 0 saturated heterocycles. The highest BCUT2D eigenvalue weighted by Gasteiger charge is 2.21. The van der Waals surface area contributed by atoms with E-state index >= 15 is 0 Å². The molecule has 0 radical (unpaired) electrons. The first-order valence-electron chi connectivity index (χ1n) is 7.52. The van der Waals surface area contributed by atoms with Gasteiger partial charge in [0.1, 0.15) is 0 Å². The maximum atomic E-state index is 12.2. The molecule has 0 saturated carbocycles. The second-order valence-electron chi connectivity index (χ2n) is 5.40. The summed E-state index contributed by atoms with van der Waals surface area (Å²) < 4.78 is 5.20. The zero-order valence-electron chi connectivity index (χ0n) is 13.1.